The Labute approximate surface area is 62.3 Å². The molecule has 0 spiro atoms. The first-order valence-electron chi connectivity index (χ1n) is 3.31. The summed E-state index contributed by atoms with van der Waals surface area (Å²) in [7, 11) is 0. The second-order valence-corrected chi connectivity index (χ2v) is 2.49. The predicted octanol–water partition coefficient (Wildman–Crippen LogP) is 0.560. The van der Waals surface area contributed by atoms with E-state index in [9.17, 15) is 4.79 Å². The molecule has 0 fully saturated rings. The van der Waals surface area contributed by atoms with Crippen molar-refractivity contribution in [1.29, 1.82) is 0 Å². The predicted molar refractivity (Wildman–Crippen MR) is 41.5 cm³/mol. The molecule has 4 heteroatoms. The van der Waals surface area contributed by atoms with Crippen LogP contribution in [0.2, 0.25) is 0 Å². The van der Waals surface area contributed by atoms with Gasteiger partial charge in [0.05, 0.1) is 0 Å². The summed E-state index contributed by atoms with van der Waals surface area (Å²) in [6.45, 7) is 1.92. The number of nitrogens with zero attached hydrogens (tertiary/aromatic N) is 1. The van der Waals surface area contributed by atoms with Crippen molar-refractivity contribution in [3.05, 3.63) is 28.2 Å². The zero-order chi connectivity index (χ0) is 7.84. The third-order valence-corrected chi connectivity index (χ3v) is 1.53. The molecule has 0 aliphatic carbocycles. The van der Waals surface area contributed by atoms with E-state index in [1.807, 2.05) is 13.0 Å². The van der Waals surface area contributed by atoms with Crippen LogP contribution in [0.25, 0.3) is 11.0 Å². The molecule has 2 rings (SSSR count). The summed E-state index contributed by atoms with van der Waals surface area (Å²) in [5.74, 6) is 0. The van der Waals surface area contributed by atoms with Gasteiger partial charge in [-0.3, -0.25) is 4.79 Å². The number of rotatable bonds is 0. The molecule has 0 amide bonds. The van der Waals surface area contributed by atoms with Gasteiger partial charge in [-0.1, -0.05) is 0 Å². The van der Waals surface area contributed by atoms with E-state index >= 15 is 0 Å². The molecule has 2 aromatic rings. The van der Waals surface area contributed by atoms with Crippen molar-refractivity contribution >= 4 is 11.0 Å². The van der Waals surface area contributed by atoms with E-state index in [2.05, 4.69) is 15.2 Å². The Morgan fingerprint density at radius 3 is 3.09 bits per heavy atom. The van der Waals surface area contributed by atoms with Crippen LogP contribution in [0.5, 0.6) is 0 Å². The van der Waals surface area contributed by atoms with Crippen LogP contribution in [0.1, 0.15) is 5.69 Å². The smallest absolute Gasteiger partial charge is 0.264 e. The number of aromatic amines is 2. The molecular formula is C7H7N3O. The summed E-state index contributed by atoms with van der Waals surface area (Å²) in [5.41, 5.74) is 1.56. The van der Waals surface area contributed by atoms with Crippen molar-refractivity contribution in [2.24, 2.45) is 0 Å². The SMILES string of the molecule is Cc1cc2cc(=O)[nH]nc2[nH]1. The minimum atomic E-state index is -0.170. The van der Waals surface area contributed by atoms with Crippen molar-refractivity contribution in [2.75, 3.05) is 0 Å². The van der Waals surface area contributed by atoms with Crippen LogP contribution < -0.4 is 5.56 Å². The number of H-pyrrole nitrogens is 2. The molecular weight excluding hydrogens is 142 g/mol. The highest BCUT2D eigenvalue weighted by molar-refractivity contribution is 5.75. The number of hydrogen-bond donors (Lipinski definition) is 2. The number of nitrogens with one attached hydrogen (secondary N) is 2. The highest BCUT2D eigenvalue weighted by Crippen LogP contribution is 2.07. The lowest BCUT2D eigenvalue weighted by Gasteiger charge is -1.83. The van der Waals surface area contributed by atoms with Crippen LogP contribution in [0, 0.1) is 6.92 Å². The molecule has 0 saturated carbocycles. The van der Waals surface area contributed by atoms with Gasteiger partial charge in [-0.2, -0.15) is 5.10 Å². The number of hydrogen-bond acceptors (Lipinski definition) is 2. The molecule has 0 aromatic carbocycles. The molecule has 0 aliphatic rings. The Morgan fingerprint density at radius 2 is 2.27 bits per heavy atom. The molecule has 0 aliphatic heterocycles. The Morgan fingerprint density at radius 1 is 1.45 bits per heavy atom. The van der Waals surface area contributed by atoms with Crippen molar-refractivity contribution < 1.29 is 0 Å². The summed E-state index contributed by atoms with van der Waals surface area (Å²) in [5, 5.41) is 7.01. The Balaban J connectivity index is 2.92. The van der Waals surface area contributed by atoms with Gasteiger partial charge in [0.2, 0.25) is 0 Å². The van der Waals surface area contributed by atoms with Crippen molar-refractivity contribution in [3.63, 3.8) is 0 Å². The Bertz CT molecular complexity index is 440. The molecule has 4 nitrogen and oxygen atoms in total. The van der Waals surface area contributed by atoms with Gasteiger partial charge in [0.1, 0.15) is 0 Å². The average molecular weight is 149 g/mol. The van der Waals surface area contributed by atoms with Gasteiger partial charge in [-0.15, -0.1) is 0 Å². The lowest BCUT2D eigenvalue weighted by atomic mass is 10.3. The van der Waals surface area contributed by atoms with Crippen LogP contribution in [0.15, 0.2) is 16.9 Å². The second kappa shape index (κ2) is 1.95. The zero-order valence-electron chi connectivity index (χ0n) is 6.01. The van der Waals surface area contributed by atoms with E-state index in [-0.39, 0.29) is 5.56 Å². The first-order chi connectivity index (χ1) is 5.25. The van der Waals surface area contributed by atoms with Crippen LogP contribution in [-0.2, 0) is 0 Å². The molecule has 56 valence electrons. The van der Waals surface area contributed by atoms with E-state index in [0.29, 0.717) is 0 Å². The Kier molecular flexibility index (Phi) is 1.09. The number of fused-ring (bicyclic) bond motifs is 1. The monoisotopic (exact) mass is 149 g/mol. The minimum absolute atomic E-state index is 0.170. The maximum atomic E-state index is 10.8. The molecule has 2 aromatic heterocycles. The highest BCUT2D eigenvalue weighted by atomic mass is 16.1. The van der Waals surface area contributed by atoms with Crippen molar-refractivity contribution in [2.45, 2.75) is 6.92 Å². The summed E-state index contributed by atoms with van der Waals surface area (Å²) < 4.78 is 0. The van der Waals surface area contributed by atoms with Crippen LogP contribution in [-0.4, -0.2) is 15.2 Å². The standard InChI is InChI=1S/C7H7N3O/c1-4-2-5-3-6(11)9-10-7(5)8-4/h2-3H,1H3,(H,8,10)(H,9,11). The molecule has 0 bridgehead atoms. The molecule has 11 heavy (non-hydrogen) atoms. The second-order valence-electron chi connectivity index (χ2n) is 2.49. The maximum Gasteiger partial charge on any atom is 0.264 e. The van der Waals surface area contributed by atoms with Crippen molar-refractivity contribution in [1.82, 2.24) is 15.2 Å². The molecule has 0 unspecified atom stereocenters. The number of aryl methyl sites for hydroxylation is 1. The van der Waals surface area contributed by atoms with Gasteiger partial charge >= 0.3 is 0 Å². The lowest BCUT2D eigenvalue weighted by Crippen LogP contribution is -2.04. The third-order valence-electron chi connectivity index (χ3n) is 1.53. The lowest BCUT2D eigenvalue weighted by molar-refractivity contribution is 1.01. The van der Waals surface area contributed by atoms with Crippen LogP contribution in [0.4, 0.5) is 0 Å². The average Bonchev–Trinajstić information content (AvgIpc) is 2.27. The van der Waals surface area contributed by atoms with E-state index in [4.69, 9.17) is 0 Å². The minimum Gasteiger partial charge on any atom is -0.342 e. The van der Waals surface area contributed by atoms with Gasteiger partial charge in [0.15, 0.2) is 5.65 Å². The first kappa shape index (κ1) is 6.15. The van der Waals surface area contributed by atoms with E-state index in [0.717, 1.165) is 16.7 Å². The summed E-state index contributed by atoms with van der Waals surface area (Å²) >= 11 is 0. The summed E-state index contributed by atoms with van der Waals surface area (Å²) in [4.78, 5) is 13.8. The molecule has 0 atom stereocenters. The normalized spacial score (nSPS) is 10.6. The summed E-state index contributed by atoms with van der Waals surface area (Å²) in [6, 6.07) is 3.41. The van der Waals surface area contributed by atoms with Gasteiger partial charge < -0.3 is 4.98 Å². The molecule has 0 radical (unpaired) electrons. The third kappa shape index (κ3) is 0.920. The maximum absolute atomic E-state index is 10.8. The fourth-order valence-electron chi connectivity index (χ4n) is 1.08. The fourth-order valence-corrected chi connectivity index (χ4v) is 1.08. The topological polar surface area (TPSA) is 61.5 Å². The number of aromatic nitrogens is 3. The van der Waals surface area contributed by atoms with Gasteiger partial charge in [0.25, 0.3) is 5.56 Å². The summed E-state index contributed by atoms with van der Waals surface area (Å²) in [6.07, 6.45) is 0. The molecule has 2 heterocycles. The van der Waals surface area contributed by atoms with Gasteiger partial charge in [0, 0.05) is 17.1 Å². The van der Waals surface area contributed by atoms with E-state index in [1.54, 1.807) is 0 Å². The zero-order valence-corrected chi connectivity index (χ0v) is 6.01. The van der Waals surface area contributed by atoms with Crippen molar-refractivity contribution in [3.8, 4) is 0 Å². The van der Waals surface area contributed by atoms with E-state index in [1.165, 1.54) is 6.07 Å². The molecule has 2 N–H and O–H groups in total. The van der Waals surface area contributed by atoms with Gasteiger partial charge in [-0.05, 0) is 13.0 Å². The fraction of sp³-hybridized carbons (Fsp3) is 0.143. The quantitative estimate of drug-likeness (QED) is 0.574. The first-order valence-corrected chi connectivity index (χ1v) is 3.31. The van der Waals surface area contributed by atoms with E-state index < -0.39 is 0 Å². The largest absolute Gasteiger partial charge is 0.342 e. The van der Waals surface area contributed by atoms with Gasteiger partial charge in [-0.25, -0.2) is 5.10 Å². The molecule has 0 saturated heterocycles. The van der Waals surface area contributed by atoms with Crippen LogP contribution >= 0.6 is 0 Å². The highest BCUT2D eigenvalue weighted by Gasteiger charge is 1.97. The Hall–Kier alpha value is -1.58. The van der Waals surface area contributed by atoms with Crippen LogP contribution in [0.3, 0.4) is 0 Å².